The summed E-state index contributed by atoms with van der Waals surface area (Å²) < 4.78 is 22.5. The van der Waals surface area contributed by atoms with Crippen molar-refractivity contribution in [3.05, 3.63) is 0 Å². The van der Waals surface area contributed by atoms with E-state index in [0.29, 0.717) is 6.61 Å². The van der Waals surface area contributed by atoms with Crippen LogP contribution in [0.1, 0.15) is 6.42 Å². The summed E-state index contributed by atoms with van der Waals surface area (Å²) in [7, 11) is -2.94. The molecule has 86 valence electrons. The van der Waals surface area contributed by atoms with E-state index in [4.69, 9.17) is 4.12 Å². The zero-order chi connectivity index (χ0) is 11.2. The summed E-state index contributed by atoms with van der Waals surface area (Å²) in [6.07, 6.45) is 0.910. The van der Waals surface area contributed by atoms with Crippen LogP contribution in [-0.4, -0.2) is 30.1 Å². The van der Waals surface area contributed by atoms with Crippen LogP contribution in [0.15, 0.2) is 0 Å². The minimum atomic E-state index is -1.53. The third kappa shape index (κ3) is 8.86. The van der Waals surface area contributed by atoms with Gasteiger partial charge in [0.25, 0.3) is 0 Å². The van der Waals surface area contributed by atoms with E-state index in [0.717, 1.165) is 12.5 Å². The highest BCUT2D eigenvalue weighted by Crippen LogP contribution is 2.19. The second kappa shape index (κ2) is 6.00. The summed E-state index contributed by atoms with van der Waals surface area (Å²) in [5.74, 6) is 0. The summed E-state index contributed by atoms with van der Waals surface area (Å²) in [4.78, 5) is 0. The summed E-state index contributed by atoms with van der Waals surface area (Å²) in [5.41, 5.74) is 0. The molecule has 0 aromatic rings. The zero-order valence-electron chi connectivity index (χ0n) is 10.0. The Balaban J connectivity index is 3.72. The number of hydrogen-bond acceptors (Lipinski definition) is 2. The second-order valence-electron chi connectivity index (χ2n) is 5.10. The van der Waals surface area contributed by atoms with Gasteiger partial charge in [0.05, 0.1) is 0 Å². The fraction of sp³-hybridized carbons (Fsp3) is 1.00. The van der Waals surface area contributed by atoms with Gasteiger partial charge in [0.15, 0.2) is 23.5 Å². The molecule has 2 nitrogen and oxygen atoms in total. The van der Waals surface area contributed by atoms with Gasteiger partial charge in [0.1, 0.15) is 0 Å². The van der Waals surface area contributed by atoms with Gasteiger partial charge in [-0.2, -0.15) is 0 Å². The fourth-order valence-corrected chi connectivity index (χ4v) is 9.57. The molecule has 0 amide bonds. The van der Waals surface area contributed by atoms with Crippen molar-refractivity contribution >= 4 is 16.6 Å². The molecule has 0 N–H and O–H groups in total. The molecule has 0 aliphatic carbocycles. The molecule has 0 aromatic carbocycles. The molecule has 0 aliphatic heterocycles. The third-order valence-corrected chi connectivity index (χ3v) is 7.94. The second-order valence-corrected chi connectivity index (χ2v) is 14.2. The van der Waals surface area contributed by atoms with Crippen molar-refractivity contribution in [1.29, 1.82) is 0 Å². The number of halogens is 1. The molecule has 0 spiro atoms. The summed E-state index contributed by atoms with van der Waals surface area (Å²) >= 11 is 0. The minimum absolute atomic E-state index is 0.516. The van der Waals surface area contributed by atoms with E-state index < -0.39 is 23.5 Å². The Bertz CT molecular complexity index is 157. The van der Waals surface area contributed by atoms with E-state index in [1.165, 1.54) is 0 Å². The van der Waals surface area contributed by atoms with Crippen LogP contribution < -0.4 is 0 Å². The molecule has 0 bridgehead atoms. The SMILES string of the molecule is C[Si](C)(C)O[Si](C)(C)CCCOCF. The number of hydrogen-bond donors (Lipinski definition) is 0. The largest absolute Gasteiger partial charge is 0.456 e. The van der Waals surface area contributed by atoms with Crippen molar-refractivity contribution in [2.75, 3.05) is 13.5 Å². The van der Waals surface area contributed by atoms with Crippen LogP contribution in [0.3, 0.4) is 0 Å². The molecule has 0 rings (SSSR count). The maximum Gasteiger partial charge on any atom is 0.188 e. The first kappa shape index (κ1) is 14.3. The highest BCUT2D eigenvalue weighted by atomic mass is 28.4. The summed E-state index contributed by atoms with van der Waals surface area (Å²) in [5, 5.41) is 0. The number of alkyl halides is 1. The van der Waals surface area contributed by atoms with Crippen LogP contribution in [0.25, 0.3) is 0 Å². The van der Waals surface area contributed by atoms with Crippen molar-refractivity contribution < 1.29 is 13.2 Å². The van der Waals surface area contributed by atoms with Gasteiger partial charge >= 0.3 is 0 Å². The lowest BCUT2D eigenvalue weighted by atomic mass is 10.5. The molecule has 0 unspecified atom stereocenters. The molecule has 0 aromatic heterocycles. The van der Waals surface area contributed by atoms with E-state index >= 15 is 0 Å². The molecule has 0 saturated carbocycles. The van der Waals surface area contributed by atoms with Gasteiger partial charge in [0.2, 0.25) is 0 Å². The van der Waals surface area contributed by atoms with Gasteiger partial charge in [-0.1, -0.05) is 0 Å². The molecule has 0 radical (unpaired) electrons. The van der Waals surface area contributed by atoms with Crippen molar-refractivity contribution in [2.45, 2.75) is 45.2 Å². The maximum absolute atomic E-state index is 11.6. The lowest BCUT2D eigenvalue weighted by Gasteiger charge is -2.31. The molecule has 0 saturated heterocycles. The predicted molar refractivity (Wildman–Crippen MR) is 63.3 cm³/mol. The quantitative estimate of drug-likeness (QED) is 0.500. The first-order chi connectivity index (χ1) is 6.27. The van der Waals surface area contributed by atoms with Crippen LogP contribution in [0, 0.1) is 0 Å². The van der Waals surface area contributed by atoms with Crippen LogP contribution in [-0.2, 0) is 8.85 Å². The Hall–Kier alpha value is 0.284. The Kier molecular flexibility index (Phi) is 6.12. The average Bonchev–Trinajstić information content (AvgIpc) is 1.93. The van der Waals surface area contributed by atoms with Gasteiger partial charge in [0, 0.05) is 6.61 Å². The predicted octanol–water partition coefficient (Wildman–Crippen LogP) is 3.38. The van der Waals surface area contributed by atoms with E-state index in [-0.39, 0.29) is 0 Å². The molecule has 0 heterocycles. The smallest absolute Gasteiger partial charge is 0.188 e. The van der Waals surface area contributed by atoms with Gasteiger partial charge in [-0.15, -0.1) is 0 Å². The lowest BCUT2D eigenvalue weighted by Crippen LogP contribution is -2.42. The topological polar surface area (TPSA) is 18.5 Å². The minimum Gasteiger partial charge on any atom is -0.456 e. The summed E-state index contributed by atoms with van der Waals surface area (Å²) in [6, 6.07) is 1.05. The monoisotopic (exact) mass is 238 g/mol. The first-order valence-corrected chi connectivity index (χ1v) is 11.6. The highest BCUT2D eigenvalue weighted by Gasteiger charge is 2.28. The zero-order valence-corrected chi connectivity index (χ0v) is 12.0. The van der Waals surface area contributed by atoms with Crippen molar-refractivity contribution in [2.24, 2.45) is 0 Å². The Morgan fingerprint density at radius 1 is 1.07 bits per heavy atom. The Morgan fingerprint density at radius 3 is 2.07 bits per heavy atom. The molecule has 0 fully saturated rings. The van der Waals surface area contributed by atoms with Gasteiger partial charge < -0.3 is 8.85 Å². The van der Waals surface area contributed by atoms with E-state index in [1.807, 2.05) is 0 Å². The third-order valence-electron chi connectivity index (χ3n) is 1.73. The average molecular weight is 238 g/mol. The first-order valence-electron chi connectivity index (χ1n) is 5.11. The highest BCUT2D eigenvalue weighted by molar-refractivity contribution is 6.84. The van der Waals surface area contributed by atoms with E-state index in [2.05, 4.69) is 37.5 Å². The normalized spacial score (nSPS) is 13.3. The summed E-state index contributed by atoms with van der Waals surface area (Å²) in [6.45, 7) is 10.9. The van der Waals surface area contributed by atoms with E-state index in [9.17, 15) is 4.39 Å². The molecule has 0 atom stereocenters. The van der Waals surface area contributed by atoms with Gasteiger partial charge in [-0.3, -0.25) is 0 Å². The molecule has 5 heteroatoms. The maximum atomic E-state index is 11.6. The molecule has 0 aliphatic rings. The van der Waals surface area contributed by atoms with Crippen molar-refractivity contribution in [3.63, 3.8) is 0 Å². The van der Waals surface area contributed by atoms with Crippen LogP contribution in [0.2, 0.25) is 38.8 Å². The Labute approximate surface area is 89.1 Å². The van der Waals surface area contributed by atoms with Crippen molar-refractivity contribution in [3.8, 4) is 0 Å². The van der Waals surface area contributed by atoms with Crippen LogP contribution in [0.5, 0.6) is 0 Å². The van der Waals surface area contributed by atoms with E-state index in [1.54, 1.807) is 0 Å². The standard InChI is InChI=1S/C9H23FO2Si2/c1-13(2,3)12-14(4,5)8-6-7-11-9-10/h6-9H2,1-5H3. The van der Waals surface area contributed by atoms with Gasteiger partial charge in [-0.05, 0) is 45.2 Å². The Morgan fingerprint density at radius 2 is 1.64 bits per heavy atom. The number of rotatable bonds is 7. The fourth-order valence-electron chi connectivity index (χ4n) is 1.53. The molecular formula is C9H23FO2Si2. The molecular weight excluding hydrogens is 215 g/mol. The number of ether oxygens (including phenoxy) is 1. The molecule has 14 heavy (non-hydrogen) atoms. The lowest BCUT2D eigenvalue weighted by molar-refractivity contribution is 0.0581. The van der Waals surface area contributed by atoms with Crippen molar-refractivity contribution in [1.82, 2.24) is 0 Å². The van der Waals surface area contributed by atoms with Gasteiger partial charge in [-0.25, -0.2) is 4.39 Å². The van der Waals surface area contributed by atoms with Crippen LogP contribution in [0.4, 0.5) is 4.39 Å². The van der Waals surface area contributed by atoms with Crippen LogP contribution >= 0.6 is 0 Å².